The summed E-state index contributed by atoms with van der Waals surface area (Å²) in [7, 11) is 0. The van der Waals surface area contributed by atoms with Gasteiger partial charge in [0.2, 0.25) is 0 Å². The molecule has 0 saturated heterocycles. The zero-order chi connectivity index (χ0) is 26.7. The Kier molecular flexibility index (Phi) is 9.72. The predicted octanol–water partition coefficient (Wildman–Crippen LogP) is 7.03. The molecule has 0 saturated carbocycles. The van der Waals surface area contributed by atoms with Gasteiger partial charge in [-0.25, -0.2) is 0 Å². The van der Waals surface area contributed by atoms with Crippen molar-refractivity contribution in [2.45, 2.75) is 71.2 Å². The first-order valence-electron chi connectivity index (χ1n) is 14.4. The zero-order valence-electron chi connectivity index (χ0n) is 23.1. The van der Waals surface area contributed by atoms with E-state index in [1.807, 2.05) is 24.5 Å². The van der Waals surface area contributed by atoms with Crippen molar-refractivity contribution in [3.63, 3.8) is 0 Å². The van der Waals surface area contributed by atoms with Crippen LogP contribution in [0.25, 0.3) is 0 Å². The fraction of sp³-hybridized carbons (Fsp3) is 0.353. The van der Waals surface area contributed by atoms with Gasteiger partial charge in [0.25, 0.3) is 0 Å². The summed E-state index contributed by atoms with van der Waals surface area (Å²) in [5.41, 5.74) is 7.64. The molecule has 4 aromatic rings. The Morgan fingerprint density at radius 2 is 1.54 bits per heavy atom. The summed E-state index contributed by atoms with van der Waals surface area (Å²) in [6.07, 6.45) is 9.53. The second-order valence-corrected chi connectivity index (χ2v) is 10.4. The van der Waals surface area contributed by atoms with Gasteiger partial charge in [0.05, 0.1) is 24.0 Å². The maximum atomic E-state index is 5.82. The van der Waals surface area contributed by atoms with Crippen molar-refractivity contribution in [2.24, 2.45) is 0 Å². The van der Waals surface area contributed by atoms with Gasteiger partial charge in [-0.3, -0.25) is 14.9 Å². The van der Waals surface area contributed by atoms with E-state index in [1.165, 1.54) is 40.8 Å². The third-order valence-electron chi connectivity index (χ3n) is 7.41. The highest BCUT2D eigenvalue weighted by Gasteiger charge is 2.26. The van der Waals surface area contributed by atoms with E-state index in [4.69, 9.17) is 9.72 Å². The van der Waals surface area contributed by atoms with Gasteiger partial charge in [-0.15, -0.1) is 0 Å². The van der Waals surface area contributed by atoms with E-state index >= 15 is 0 Å². The Labute approximate surface area is 233 Å². The van der Waals surface area contributed by atoms with E-state index in [0.29, 0.717) is 6.04 Å². The topological polar surface area (TPSA) is 50.3 Å². The minimum atomic E-state index is 0.305. The van der Waals surface area contributed by atoms with Crippen molar-refractivity contribution in [2.75, 3.05) is 6.61 Å². The molecular weight excluding hydrogens is 480 g/mol. The Bertz CT molecular complexity index is 1270. The molecule has 2 aromatic carbocycles. The van der Waals surface area contributed by atoms with E-state index in [9.17, 15) is 0 Å². The van der Waals surface area contributed by atoms with Gasteiger partial charge in [-0.1, -0.05) is 61.9 Å². The molecule has 1 aliphatic rings. The Morgan fingerprint density at radius 1 is 0.795 bits per heavy atom. The third kappa shape index (κ3) is 7.75. The first kappa shape index (κ1) is 27.0. The fourth-order valence-corrected chi connectivity index (χ4v) is 5.36. The summed E-state index contributed by atoms with van der Waals surface area (Å²) < 4.78 is 5.82. The molecule has 0 bridgehead atoms. The molecule has 1 aliphatic carbocycles. The first-order valence-corrected chi connectivity index (χ1v) is 14.4. The number of aromatic nitrogens is 2. The highest BCUT2D eigenvalue weighted by Crippen LogP contribution is 2.34. The van der Waals surface area contributed by atoms with Gasteiger partial charge in [0, 0.05) is 38.6 Å². The summed E-state index contributed by atoms with van der Waals surface area (Å²) in [5, 5.41) is 3.51. The average molecular weight is 521 g/mol. The molecule has 0 amide bonds. The van der Waals surface area contributed by atoms with Crippen molar-refractivity contribution in [3.05, 3.63) is 125 Å². The van der Waals surface area contributed by atoms with Crippen molar-refractivity contribution < 1.29 is 4.74 Å². The van der Waals surface area contributed by atoms with Crippen molar-refractivity contribution in [1.82, 2.24) is 20.2 Å². The molecular formula is C34H40N4O. The minimum absolute atomic E-state index is 0.305. The quantitative estimate of drug-likeness (QED) is 0.203. The van der Waals surface area contributed by atoms with Crippen LogP contribution in [0.3, 0.4) is 0 Å². The van der Waals surface area contributed by atoms with Crippen molar-refractivity contribution >= 4 is 0 Å². The first-order chi connectivity index (χ1) is 19.3. The van der Waals surface area contributed by atoms with Gasteiger partial charge in [0.15, 0.2) is 0 Å². The lowest BCUT2D eigenvalue weighted by molar-refractivity contribution is 0.165. The lowest BCUT2D eigenvalue weighted by atomic mass is 10.0. The Balaban J connectivity index is 1.30. The molecule has 1 N–H and O–H groups in total. The van der Waals surface area contributed by atoms with Gasteiger partial charge < -0.3 is 10.1 Å². The lowest BCUT2D eigenvalue weighted by Crippen LogP contribution is -2.29. The highest BCUT2D eigenvalue weighted by atomic mass is 16.5. The summed E-state index contributed by atoms with van der Waals surface area (Å²) in [6, 6.07) is 28.4. The number of pyridine rings is 2. The van der Waals surface area contributed by atoms with E-state index < -0.39 is 0 Å². The number of hydrogen-bond acceptors (Lipinski definition) is 5. The van der Waals surface area contributed by atoms with Crippen LogP contribution in [0.2, 0.25) is 0 Å². The summed E-state index contributed by atoms with van der Waals surface area (Å²) in [4.78, 5) is 11.9. The van der Waals surface area contributed by atoms with E-state index in [2.05, 4.69) is 88.9 Å². The number of nitrogens with zero attached hydrogens (tertiary/aromatic N) is 3. The smallest absolute Gasteiger partial charge is 0.119 e. The molecule has 5 nitrogen and oxygen atoms in total. The number of aryl methyl sites for hydroxylation is 1. The van der Waals surface area contributed by atoms with Crippen LogP contribution in [0.5, 0.6) is 5.75 Å². The molecule has 5 rings (SSSR count). The van der Waals surface area contributed by atoms with Crippen molar-refractivity contribution in [3.8, 4) is 5.75 Å². The fourth-order valence-electron chi connectivity index (χ4n) is 5.36. The number of hydrogen-bond donors (Lipinski definition) is 1. The van der Waals surface area contributed by atoms with E-state index in [-0.39, 0.29) is 0 Å². The van der Waals surface area contributed by atoms with Crippen LogP contribution in [0.1, 0.15) is 72.3 Å². The van der Waals surface area contributed by atoms with Crippen LogP contribution >= 0.6 is 0 Å². The van der Waals surface area contributed by atoms with Crippen LogP contribution in [0.4, 0.5) is 0 Å². The largest absolute Gasteiger partial charge is 0.494 e. The van der Waals surface area contributed by atoms with Crippen LogP contribution in [-0.2, 0) is 32.6 Å². The SMILES string of the molecule is CCCOc1ccc(CN(Cc2ccc(CNCc3ccccn3)cc2)C2CCCCc3cccnc32)cc1. The molecule has 39 heavy (non-hydrogen) atoms. The number of nitrogens with one attached hydrogen (secondary N) is 1. The van der Waals surface area contributed by atoms with Crippen LogP contribution in [0, 0.1) is 0 Å². The molecule has 5 heteroatoms. The van der Waals surface area contributed by atoms with E-state index in [0.717, 1.165) is 63.5 Å². The second-order valence-electron chi connectivity index (χ2n) is 10.4. The predicted molar refractivity (Wildman–Crippen MR) is 157 cm³/mol. The van der Waals surface area contributed by atoms with Gasteiger partial charge in [-0.2, -0.15) is 0 Å². The van der Waals surface area contributed by atoms with Crippen molar-refractivity contribution in [1.29, 1.82) is 0 Å². The minimum Gasteiger partial charge on any atom is -0.494 e. The number of rotatable bonds is 12. The molecule has 0 aliphatic heterocycles. The van der Waals surface area contributed by atoms with E-state index in [1.54, 1.807) is 0 Å². The molecule has 0 fully saturated rings. The van der Waals surface area contributed by atoms with Gasteiger partial charge >= 0.3 is 0 Å². The molecule has 0 spiro atoms. The average Bonchev–Trinajstić information content (AvgIpc) is 3.21. The third-order valence-corrected chi connectivity index (χ3v) is 7.41. The highest BCUT2D eigenvalue weighted by molar-refractivity contribution is 5.29. The molecule has 2 aromatic heterocycles. The zero-order valence-corrected chi connectivity index (χ0v) is 23.1. The maximum absolute atomic E-state index is 5.82. The monoisotopic (exact) mass is 520 g/mol. The Morgan fingerprint density at radius 3 is 2.28 bits per heavy atom. The second kappa shape index (κ2) is 14.0. The van der Waals surface area contributed by atoms with Crippen LogP contribution in [0.15, 0.2) is 91.3 Å². The normalized spacial score (nSPS) is 15.1. The van der Waals surface area contributed by atoms with Crippen LogP contribution < -0.4 is 10.1 Å². The maximum Gasteiger partial charge on any atom is 0.119 e. The van der Waals surface area contributed by atoms with Crippen LogP contribution in [-0.4, -0.2) is 21.5 Å². The molecule has 1 atom stereocenters. The summed E-state index contributed by atoms with van der Waals surface area (Å²) in [5.74, 6) is 0.945. The number of benzene rings is 2. The van der Waals surface area contributed by atoms with Gasteiger partial charge in [0.1, 0.15) is 5.75 Å². The lowest BCUT2D eigenvalue weighted by Gasteiger charge is -2.32. The molecule has 0 radical (unpaired) electrons. The summed E-state index contributed by atoms with van der Waals surface area (Å²) >= 11 is 0. The summed E-state index contributed by atoms with van der Waals surface area (Å²) in [6.45, 7) is 6.25. The standard InChI is InChI=1S/C34H40N4O/c1-2-22-39-32-18-16-29(17-19-32)26-38(33-11-4-3-8-30-9-7-21-37-34(30)33)25-28-14-12-27(13-15-28)23-35-24-31-10-5-6-20-36-31/h5-7,9-10,12-21,33,35H,2-4,8,11,22-26H2,1H3. The van der Waals surface area contributed by atoms with Gasteiger partial charge in [-0.05, 0) is 78.3 Å². The number of ether oxygens (including phenoxy) is 1. The molecule has 1 unspecified atom stereocenters. The Hall–Kier alpha value is -3.54. The number of fused-ring (bicyclic) bond motifs is 1. The molecule has 202 valence electrons. The molecule has 2 heterocycles.